The molecule has 0 aromatic carbocycles. The maximum absolute atomic E-state index is 9.56. The SMILES string of the molecule is CCC(CC)O[C@H]1CO[C@H]2[C@@H]1OC[C@H]2O. The first-order valence-corrected chi connectivity index (χ1v) is 5.83. The zero-order valence-electron chi connectivity index (χ0n) is 9.39. The molecule has 4 nitrogen and oxygen atoms in total. The molecule has 0 spiro atoms. The third kappa shape index (κ3) is 2.18. The van der Waals surface area contributed by atoms with Crippen molar-refractivity contribution in [3.05, 3.63) is 0 Å². The summed E-state index contributed by atoms with van der Waals surface area (Å²) in [6.07, 6.45) is 1.56. The molecule has 15 heavy (non-hydrogen) atoms. The summed E-state index contributed by atoms with van der Waals surface area (Å²) in [6.45, 7) is 5.15. The largest absolute Gasteiger partial charge is 0.388 e. The van der Waals surface area contributed by atoms with E-state index in [-0.39, 0.29) is 24.4 Å². The molecule has 0 unspecified atom stereocenters. The van der Waals surface area contributed by atoms with Crippen molar-refractivity contribution in [3.63, 3.8) is 0 Å². The van der Waals surface area contributed by atoms with Gasteiger partial charge in [0.05, 0.1) is 19.3 Å². The Morgan fingerprint density at radius 1 is 1.20 bits per heavy atom. The van der Waals surface area contributed by atoms with Gasteiger partial charge in [0.25, 0.3) is 0 Å². The lowest BCUT2D eigenvalue weighted by Gasteiger charge is -2.22. The second-order valence-electron chi connectivity index (χ2n) is 4.28. The van der Waals surface area contributed by atoms with Gasteiger partial charge in [-0.15, -0.1) is 0 Å². The molecule has 2 heterocycles. The van der Waals surface area contributed by atoms with Crippen LogP contribution in [-0.4, -0.2) is 48.8 Å². The third-order valence-corrected chi connectivity index (χ3v) is 3.26. The number of ether oxygens (including phenoxy) is 3. The molecule has 2 aliphatic heterocycles. The smallest absolute Gasteiger partial charge is 0.115 e. The van der Waals surface area contributed by atoms with Crippen molar-refractivity contribution in [3.8, 4) is 0 Å². The van der Waals surface area contributed by atoms with Crippen LogP contribution in [0.25, 0.3) is 0 Å². The van der Waals surface area contributed by atoms with Crippen molar-refractivity contribution in [1.82, 2.24) is 0 Å². The van der Waals surface area contributed by atoms with Crippen LogP contribution in [0.2, 0.25) is 0 Å². The maximum Gasteiger partial charge on any atom is 0.115 e. The second-order valence-corrected chi connectivity index (χ2v) is 4.28. The van der Waals surface area contributed by atoms with E-state index in [1.54, 1.807) is 0 Å². The van der Waals surface area contributed by atoms with E-state index in [1.165, 1.54) is 0 Å². The maximum atomic E-state index is 9.56. The fourth-order valence-electron chi connectivity index (χ4n) is 2.29. The van der Waals surface area contributed by atoms with Gasteiger partial charge in [-0.3, -0.25) is 0 Å². The highest BCUT2D eigenvalue weighted by Gasteiger charge is 2.48. The lowest BCUT2D eigenvalue weighted by Crippen LogP contribution is -2.35. The number of aliphatic hydroxyl groups is 1. The standard InChI is InChI=1S/C11H20O4/c1-3-7(4-2)15-9-6-14-10-8(12)5-13-11(9)10/h7-12H,3-6H2,1-2H3/t8-,9+,10-,11-/m1/s1. The molecule has 0 amide bonds. The number of hydrogen-bond donors (Lipinski definition) is 1. The van der Waals surface area contributed by atoms with E-state index < -0.39 is 6.10 Å². The van der Waals surface area contributed by atoms with Crippen LogP contribution in [0.5, 0.6) is 0 Å². The van der Waals surface area contributed by atoms with Crippen molar-refractivity contribution in [2.75, 3.05) is 13.2 Å². The Bertz CT molecular complexity index is 205. The van der Waals surface area contributed by atoms with Crippen molar-refractivity contribution >= 4 is 0 Å². The molecule has 2 rings (SSSR count). The van der Waals surface area contributed by atoms with Crippen molar-refractivity contribution in [1.29, 1.82) is 0 Å². The normalized spacial score (nSPS) is 40.0. The van der Waals surface area contributed by atoms with Crippen LogP contribution in [0.3, 0.4) is 0 Å². The van der Waals surface area contributed by atoms with E-state index in [2.05, 4.69) is 13.8 Å². The summed E-state index contributed by atoms with van der Waals surface area (Å²) in [5, 5.41) is 9.56. The first-order valence-electron chi connectivity index (χ1n) is 5.83. The summed E-state index contributed by atoms with van der Waals surface area (Å²) >= 11 is 0. The lowest BCUT2D eigenvalue weighted by atomic mass is 10.1. The Labute approximate surface area is 90.5 Å². The second kappa shape index (κ2) is 4.78. The van der Waals surface area contributed by atoms with Gasteiger partial charge < -0.3 is 19.3 Å². The molecule has 4 heteroatoms. The van der Waals surface area contributed by atoms with Crippen molar-refractivity contribution in [2.45, 2.75) is 57.2 Å². The van der Waals surface area contributed by atoms with Crippen LogP contribution in [0, 0.1) is 0 Å². The van der Waals surface area contributed by atoms with Gasteiger partial charge in [-0.1, -0.05) is 13.8 Å². The average Bonchev–Trinajstić information content (AvgIpc) is 2.80. The fraction of sp³-hybridized carbons (Fsp3) is 1.00. The van der Waals surface area contributed by atoms with E-state index >= 15 is 0 Å². The Balaban J connectivity index is 1.89. The third-order valence-electron chi connectivity index (χ3n) is 3.26. The highest BCUT2D eigenvalue weighted by molar-refractivity contribution is 4.95. The first-order chi connectivity index (χ1) is 7.26. The summed E-state index contributed by atoms with van der Waals surface area (Å²) in [4.78, 5) is 0. The van der Waals surface area contributed by atoms with Gasteiger partial charge in [-0.2, -0.15) is 0 Å². The molecular weight excluding hydrogens is 196 g/mol. The van der Waals surface area contributed by atoms with Gasteiger partial charge in [0, 0.05) is 0 Å². The van der Waals surface area contributed by atoms with Crippen molar-refractivity contribution in [2.24, 2.45) is 0 Å². The number of rotatable bonds is 4. The minimum atomic E-state index is -0.481. The zero-order chi connectivity index (χ0) is 10.8. The topological polar surface area (TPSA) is 47.9 Å². The van der Waals surface area contributed by atoms with E-state index in [4.69, 9.17) is 14.2 Å². The van der Waals surface area contributed by atoms with E-state index in [9.17, 15) is 5.11 Å². The molecule has 2 fully saturated rings. The van der Waals surface area contributed by atoms with E-state index in [0.29, 0.717) is 13.2 Å². The molecule has 0 radical (unpaired) electrons. The monoisotopic (exact) mass is 216 g/mol. The first kappa shape index (κ1) is 11.3. The Kier molecular flexibility index (Phi) is 3.61. The van der Waals surface area contributed by atoms with Crippen LogP contribution in [0.15, 0.2) is 0 Å². The van der Waals surface area contributed by atoms with Gasteiger partial charge >= 0.3 is 0 Å². The number of fused-ring (bicyclic) bond motifs is 1. The molecule has 4 atom stereocenters. The van der Waals surface area contributed by atoms with Crippen LogP contribution in [0.4, 0.5) is 0 Å². The summed E-state index contributed by atoms with van der Waals surface area (Å²) in [7, 11) is 0. The Morgan fingerprint density at radius 3 is 2.53 bits per heavy atom. The van der Waals surface area contributed by atoms with E-state index in [1.807, 2.05) is 0 Å². The van der Waals surface area contributed by atoms with Gasteiger partial charge in [-0.05, 0) is 12.8 Å². The predicted molar refractivity (Wildman–Crippen MR) is 54.7 cm³/mol. The van der Waals surface area contributed by atoms with Crippen LogP contribution >= 0.6 is 0 Å². The number of hydrogen-bond acceptors (Lipinski definition) is 4. The highest BCUT2D eigenvalue weighted by atomic mass is 16.6. The molecular formula is C11H20O4. The summed E-state index contributed by atoms with van der Waals surface area (Å²) in [6, 6.07) is 0. The molecule has 2 saturated heterocycles. The summed E-state index contributed by atoms with van der Waals surface area (Å²) in [5.74, 6) is 0. The summed E-state index contributed by atoms with van der Waals surface area (Å²) in [5.41, 5.74) is 0. The Morgan fingerprint density at radius 2 is 1.87 bits per heavy atom. The minimum Gasteiger partial charge on any atom is -0.388 e. The quantitative estimate of drug-likeness (QED) is 0.752. The predicted octanol–water partition coefficient (Wildman–Crippen LogP) is 0.719. The minimum absolute atomic E-state index is 0.00273. The summed E-state index contributed by atoms with van der Waals surface area (Å²) < 4.78 is 16.9. The van der Waals surface area contributed by atoms with Crippen LogP contribution < -0.4 is 0 Å². The molecule has 2 aliphatic rings. The molecule has 0 aliphatic carbocycles. The zero-order valence-corrected chi connectivity index (χ0v) is 9.39. The molecule has 0 aromatic rings. The highest BCUT2D eigenvalue weighted by Crippen LogP contribution is 2.29. The molecule has 0 saturated carbocycles. The van der Waals surface area contributed by atoms with Gasteiger partial charge in [0.1, 0.15) is 24.4 Å². The fourth-order valence-corrected chi connectivity index (χ4v) is 2.29. The van der Waals surface area contributed by atoms with Gasteiger partial charge in [-0.25, -0.2) is 0 Å². The molecule has 0 bridgehead atoms. The molecule has 0 aromatic heterocycles. The van der Waals surface area contributed by atoms with E-state index in [0.717, 1.165) is 12.8 Å². The van der Waals surface area contributed by atoms with Crippen LogP contribution in [0.1, 0.15) is 26.7 Å². The average molecular weight is 216 g/mol. The van der Waals surface area contributed by atoms with Gasteiger partial charge in [0.2, 0.25) is 0 Å². The number of aliphatic hydroxyl groups excluding tert-OH is 1. The molecule has 1 N–H and O–H groups in total. The lowest BCUT2D eigenvalue weighted by molar-refractivity contribution is -0.0739. The van der Waals surface area contributed by atoms with Crippen molar-refractivity contribution < 1.29 is 19.3 Å². The Hall–Kier alpha value is -0.160. The van der Waals surface area contributed by atoms with Crippen LogP contribution in [-0.2, 0) is 14.2 Å². The molecule has 88 valence electrons. The van der Waals surface area contributed by atoms with Gasteiger partial charge in [0.15, 0.2) is 0 Å².